The molecule has 2 aliphatic heterocycles. The number of hydrogen-bond donors (Lipinski definition) is 0. The molecular formula is C28H34N4O3Si. The van der Waals surface area contributed by atoms with Crippen molar-refractivity contribution in [2.75, 3.05) is 44.6 Å². The lowest BCUT2D eigenvalue weighted by atomic mass is 9.96. The predicted molar refractivity (Wildman–Crippen MR) is 146 cm³/mol. The van der Waals surface area contributed by atoms with Crippen molar-refractivity contribution < 1.29 is 14.2 Å². The molecule has 0 aliphatic carbocycles. The Hall–Kier alpha value is -3.07. The Morgan fingerprint density at radius 2 is 1.83 bits per heavy atom. The van der Waals surface area contributed by atoms with Crippen LogP contribution in [-0.2, 0) is 16.0 Å². The lowest BCUT2D eigenvalue weighted by Gasteiger charge is -2.28. The molecule has 1 saturated heterocycles. The minimum atomic E-state index is -1.12. The van der Waals surface area contributed by atoms with Gasteiger partial charge in [0.2, 0.25) is 0 Å². The van der Waals surface area contributed by atoms with Crippen molar-refractivity contribution >= 4 is 19.6 Å². The van der Waals surface area contributed by atoms with Crippen molar-refractivity contribution in [1.29, 1.82) is 0 Å². The number of ether oxygens (including phenoxy) is 3. The summed E-state index contributed by atoms with van der Waals surface area (Å²) in [5.41, 5.74) is 6.46. The van der Waals surface area contributed by atoms with Crippen LogP contribution < -0.4 is 9.64 Å². The normalized spacial score (nSPS) is 15.5. The molecule has 0 atom stereocenters. The summed E-state index contributed by atoms with van der Waals surface area (Å²) in [6.07, 6.45) is 5.48. The van der Waals surface area contributed by atoms with E-state index in [-0.39, 0.29) is 6.79 Å². The third-order valence-electron chi connectivity index (χ3n) is 6.51. The maximum atomic E-state index is 6.02. The largest absolute Gasteiger partial charge is 0.467 e. The van der Waals surface area contributed by atoms with Crippen LogP contribution in [0.2, 0.25) is 25.7 Å². The fourth-order valence-corrected chi connectivity index (χ4v) is 5.15. The summed E-state index contributed by atoms with van der Waals surface area (Å²) in [7, 11) is -1.12. The zero-order valence-corrected chi connectivity index (χ0v) is 22.4. The van der Waals surface area contributed by atoms with E-state index in [4.69, 9.17) is 19.2 Å². The molecule has 0 amide bonds. The molecular weight excluding hydrogens is 468 g/mol. The third-order valence-corrected chi connectivity index (χ3v) is 8.22. The highest BCUT2D eigenvalue weighted by Crippen LogP contribution is 2.33. The molecule has 0 spiro atoms. The summed E-state index contributed by atoms with van der Waals surface area (Å²) >= 11 is 0. The molecule has 8 heteroatoms. The van der Waals surface area contributed by atoms with Gasteiger partial charge in [-0.25, -0.2) is 4.98 Å². The molecule has 0 N–H and O–H groups in total. The highest BCUT2D eigenvalue weighted by molar-refractivity contribution is 6.76. The zero-order chi connectivity index (χ0) is 25.0. The van der Waals surface area contributed by atoms with E-state index in [1.165, 1.54) is 5.56 Å². The van der Waals surface area contributed by atoms with E-state index in [9.17, 15) is 0 Å². The highest BCUT2D eigenvalue weighted by atomic mass is 28.3. The lowest BCUT2D eigenvalue weighted by molar-refractivity contribution is 0.0223. The number of nitrogens with zero attached hydrogens (tertiary/aromatic N) is 4. The Kier molecular flexibility index (Phi) is 7.45. The molecule has 188 valence electrons. The SMILES string of the molecule is C[Si](C)(C)CCOCOc1ccncc1-c1ccc2c(c1)C(c1ccnc(N3CCOCC3)c1)=NC2. The number of hydrogen-bond acceptors (Lipinski definition) is 7. The van der Waals surface area contributed by atoms with Gasteiger partial charge in [-0.3, -0.25) is 9.98 Å². The summed E-state index contributed by atoms with van der Waals surface area (Å²) in [6, 6.07) is 13.7. The summed E-state index contributed by atoms with van der Waals surface area (Å²) in [5.74, 6) is 1.74. The maximum Gasteiger partial charge on any atom is 0.189 e. The Balaban J connectivity index is 1.35. The average Bonchev–Trinajstić information content (AvgIpc) is 3.32. The topological polar surface area (TPSA) is 69.1 Å². The Morgan fingerprint density at radius 3 is 2.67 bits per heavy atom. The molecule has 0 saturated carbocycles. The highest BCUT2D eigenvalue weighted by Gasteiger charge is 2.21. The van der Waals surface area contributed by atoms with Gasteiger partial charge in [-0.1, -0.05) is 31.8 Å². The van der Waals surface area contributed by atoms with Gasteiger partial charge in [0.25, 0.3) is 0 Å². The smallest absolute Gasteiger partial charge is 0.189 e. The number of rotatable bonds is 9. The van der Waals surface area contributed by atoms with Gasteiger partial charge in [-0.2, -0.15) is 0 Å². The summed E-state index contributed by atoms with van der Waals surface area (Å²) < 4.78 is 17.3. The van der Waals surface area contributed by atoms with Crippen molar-refractivity contribution in [2.24, 2.45) is 4.99 Å². The number of fused-ring (bicyclic) bond motifs is 1. The van der Waals surface area contributed by atoms with Crippen LogP contribution in [0.1, 0.15) is 16.7 Å². The third kappa shape index (κ3) is 5.83. The molecule has 36 heavy (non-hydrogen) atoms. The van der Waals surface area contributed by atoms with Crippen LogP contribution in [0.5, 0.6) is 5.75 Å². The van der Waals surface area contributed by atoms with E-state index in [2.05, 4.69) is 58.8 Å². The van der Waals surface area contributed by atoms with E-state index in [0.29, 0.717) is 6.54 Å². The fraction of sp³-hybridized carbons (Fsp3) is 0.393. The maximum absolute atomic E-state index is 6.02. The molecule has 0 unspecified atom stereocenters. The molecule has 0 radical (unpaired) electrons. The van der Waals surface area contributed by atoms with E-state index in [0.717, 1.165) is 78.5 Å². The van der Waals surface area contributed by atoms with Crippen LogP contribution in [0.15, 0.2) is 60.0 Å². The Morgan fingerprint density at radius 1 is 0.972 bits per heavy atom. The minimum absolute atomic E-state index is 0.237. The van der Waals surface area contributed by atoms with Crippen molar-refractivity contribution in [2.45, 2.75) is 32.2 Å². The van der Waals surface area contributed by atoms with E-state index in [1.54, 1.807) is 6.20 Å². The molecule has 1 fully saturated rings. The number of aliphatic imine (C=N–C) groups is 1. The standard InChI is InChI=1S/C28H34N4O3Si/c1-36(2,3)15-14-34-20-35-26-7-8-29-19-25(26)21-4-5-23-18-31-28(24(23)16-21)22-6-9-30-27(17-22)32-10-12-33-13-11-32/h4-9,16-17,19H,10-15,18,20H2,1-3H3. The van der Waals surface area contributed by atoms with E-state index in [1.807, 2.05) is 24.5 Å². The number of aromatic nitrogens is 2. The first-order valence-corrected chi connectivity index (χ1v) is 16.3. The second-order valence-corrected chi connectivity index (χ2v) is 16.0. The van der Waals surface area contributed by atoms with Gasteiger partial charge in [-0.15, -0.1) is 0 Å². The van der Waals surface area contributed by atoms with Crippen LogP contribution >= 0.6 is 0 Å². The molecule has 5 rings (SSSR count). The molecule has 2 aromatic heterocycles. The number of anilines is 1. The predicted octanol–water partition coefficient (Wildman–Crippen LogP) is 5.02. The number of pyridine rings is 2. The Bertz CT molecular complexity index is 1240. The number of morpholine rings is 1. The van der Waals surface area contributed by atoms with Crippen LogP contribution in [0.25, 0.3) is 11.1 Å². The van der Waals surface area contributed by atoms with Gasteiger partial charge in [0.05, 0.1) is 25.5 Å². The lowest BCUT2D eigenvalue weighted by Crippen LogP contribution is -2.36. The zero-order valence-electron chi connectivity index (χ0n) is 21.4. The summed E-state index contributed by atoms with van der Waals surface area (Å²) in [6.45, 7) is 11.9. The molecule has 3 aromatic rings. The van der Waals surface area contributed by atoms with Crippen molar-refractivity contribution in [3.63, 3.8) is 0 Å². The second-order valence-electron chi connectivity index (χ2n) is 10.4. The first-order valence-electron chi connectivity index (χ1n) is 12.6. The minimum Gasteiger partial charge on any atom is -0.467 e. The van der Waals surface area contributed by atoms with Gasteiger partial charge in [0.1, 0.15) is 11.6 Å². The van der Waals surface area contributed by atoms with Gasteiger partial charge < -0.3 is 19.1 Å². The molecule has 0 bridgehead atoms. The van der Waals surface area contributed by atoms with Crippen LogP contribution in [0.3, 0.4) is 0 Å². The van der Waals surface area contributed by atoms with Crippen LogP contribution in [0.4, 0.5) is 5.82 Å². The van der Waals surface area contributed by atoms with E-state index < -0.39 is 8.07 Å². The fourth-order valence-electron chi connectivity index (χ4n) is 4.40. The first kappa shape index (κ1) is 24.6. The monoisotopic (exact) mass is 502 g/mol. The molecule has 4 heterocycles. The van der Waals surface area contributed by atoms with Gasteiger partial charge in [0.15, 0.2) is 6.79 Å². The Labute approximate surface area is 214 Å². The second kappa shape index (κ2) is 10.9. The first-order chi connectivity index (χ1) is 17.5. The van der Waals surface area contributed by atoms with Crippen molar-refractivity contribution in [1.82, 2.24) is 9.97 Å². The molecule has 2 aliphatic rings. The van der Waals surface area contributed by atoms with E-state index >= 15 is 0 Å². The number of benzene rings is 1. The van der Waals surface area contributed by atoms with Gasteiger partial charge >= 0.3 is 0 Å². The van der Waals surface area contributed by atoms with Gasteiger partial charge in [0, 0.05) is 63.1 Å². The van der Waals surface area contributed by atoms with Crippen molar-refractivity contribution in [3.05, 3.63) is 71.7 Å². The van der Waals surface area contributed by atoms with Crippen LogP contribution in [0, 0.1) is 0 Å². The van der Waals surface area contributed by atoms with Crippen LogP contribution in [-0.4, -0.2) is 63.5 Å². The summed E-state index contributed by atoms with van der Waals surface area (Å²) in [5, 5.41) is 0. The average molecular weight is 503 g/mol. The summed E-state index contributed by atoms with van der Waals surface area (Å²) in [4.78, 5) is 16.1. The quantitative estimate of drug-likeness (QED) is 0.232. The molecule has 7 nitrogen and oxygen atoms in total. The van der Waals surface area contributed by atoms with Gasteiger partial charge in [-0.05, 0) is 41.4 Å². The molecule has 1 aromatic carbocycles. The van der Waals surface area contributed by atoms with Crippen molar-refractivity contribution in [3.8, 4) is 16.9 Å².